The Morgan fingerprint density at radius 2 is 1.43 bits per heavy atom. The van der Waals surface area contributed by atoms with Gasteiger partial charge in [0.15, 0.2) is 0 Å². The van der Waals surface area contributed by atoms with Gasteiger partial charge in [-0.2, -0.15) is 0 Å². The van der Waals surface area contributed by atoms with Gasteiger partial charge >= 0.3 is 0 Å². The van der Waals surface area contributed by atoms with Gasteiger partial charge in [-0.15, -0.1) is 0 Å². The van der Waals surface area contributed by atoms with Crippen molar-refractivity contribution in [2.75, 3.05) is 59.1 Å². The number of rotatable bonds is 8. The van der Waals surface area contributed by atoms with Crippen LogP contribution in [-0.2, 0) is 0 Å². The highest BCUT2D eigenvalue weighted by atomic mass is 16.5. The lowest BCUT2D eigenvalue weighted by Gasteiger charge is -2.34. The number of nitrogens with zero attached hydrogens (tertiary/aromatic N) is 2. The minimum Gasteiger partial charge on any atom is -0.494 e. The van der Waals surface area contributed by atoms with Crippen molar-refractivity contribution in [3.8, 4) is 11.5 Å². The maximum Gasteiger partial charge on any atom is 0.119 e. The summed E-state index contributed by atoms with van der Waals surface area (Å²) in [6, 6.07) is 7.77. The van der Waals surface area contributed by atoms with Gasteiger partial charge in [-0.3, -0.25) is 9.80 Å². The first kappa shape index (κ1) is 16.1. The van der Waals surface area contributed by atoms with E-state index in [2.05, 4.69) is 9.80 Å². The standard InChI is InChI=1S/C16H26N2O3/c1-2-20-15-3-5-16(6-4-15)21-14-12-18-9-7-17(8-10-18)11-13-19/h3-6,19H,2,7-14H2,1H3. The molecular formula is C16H26N2O3. The van der Waals surface area contributed by atoms with Crippen molar-refractivity contribution in [2.45, 2.75) is 6.92 Å². The maximum atomic E-state index is 8.92. The van der Waals surface area contributed by atoms with E-state index in [0.29, 0.717) is 13.2 Å². The SMILES string of the molecule is CCOc1ccc(OCCN2CCN(CCO)CC2)cc1. The fourth-order valence-electron chi connectivity index (χ4n) is 2.47. The van der Waals surface area contributed by atoms with E-state index >= 15 is 0 Å². The molecule has 1 aromatic rings. The molecule has 5 nitrogen and oxygen atoms in total. The highest BCUT2D eigenvalue weighted by Crippen LogP contribution is 2.17. The number of aliphatic hydroxyl groups is 1. The number of benzene rings is 1. The first-order valence-corrected chi connectivity index (χ1v) is 7.73. The average molecular weight is 294 g/mol. The van der Waals surface area contributed by atoms with Crippen LogP contribution in [0.25, 0.3) is 0 Å². The average Bonchev–Trinajstić information content (AvgIpc) is 2.51. The molecule has 1 aliphatic heterocycles. The second-order valence-electron chi connectivity index (χ2n) is 5.16. The molecule has 0 bridgehead atoms. The molecule has 0 atom stereocenters. The first-order chi connectivity index (χ1) is 10.3. The number of β-amino-alcohol motifs (C(OH)–C–C–N with tert-alkyl or cyclic N) is 1. The van der Waals surface area contributed by atoms with Gasteiger partial charge in [-0.1, -0.05) is 0 Å². The molecular weight excluding hydrogens is 268 g/mol. The molecule has 2 rings (SSSR count). The molecule has 0 amide bonds. The topological polar surface area (TPSA) is 45.2 Å². The Kier molecular flexibility index (Phi) is 6.79. The summed E-state index contributed by atoms with van der Waals surface area (Å²) in [5, 5.41) is 8.92. The molecule has 0 aliphatic carbocycles. The van der Waals surface area contributed by atoms with Crippen molar-refractivity contribution < 1.29 is 14.6 Å². The predicted molar refractivity (Wildman–Crippen MR) is 83.1 cm³/mol. The second-order valence-corrected chi connectivity index (χ2v) is 5.16. The molecule has 0 spiro atoms. The van der Waals surface area contributed by atoms with Crippen LogP contribution in [0.4, 0.5) is 0 Å². The van der Waals surface area contributed by atoms with Crippen molar-refractivity contribution in [3.05, 3.63) is 24.3 Å². The zero-order valence-corrected chi connectivity index (χ0v) is 12.8. The normalized spacial score (nSPS) is 16.9. The van der Waals surface area contributed by atoms with Crippen molar-refractivity contribution in [2.24, 2.45) is 0 Å². The van der Waals surface area contributed by atoms with Crippen LogP contribution in [-0.4, -0.2) is 74.0 Å². The van der Waals surface area contributed by atoms with Crippen LogP contribution in [0.2, 0.25) is 0 Å². The van der Waals surface area contributed by atoms with Gasteiger partial charge in [0.2, 0.25) is 0 Å². The monoisotopic (exact) mass is 294 g/mol. The third-order valence-corrected chi connectivity index (χ3v) is 3.69. The van der Waals surface area contributed by atoms with Gasteiger partial charge in [0.1, 0.15) is 18.1 Å². The fraction of sp³-hybridized carbons (Fsp3) is 0.625. The minimum absolute atomic E-state index is 0.251. The molecule has 118 valence electrons. The number of ether oxygens (including phenoxy) is 2. The Morgan fingerprint density at radius 3 is 1.95 bits per heavy atom. The molecule has 21 heavy (non-hydrogen) atoms. The fourth-order valence-corrected chi connectivity index (χ4v) is 2.47. The van der Waals surface area contributed by atoms with E-state index < -0.39 is 0 Å². The second kappa shape index (κ2) is 8.87. The molecule has 1 aromatic carbocycles. The van der Waals surface area contributed by atoms with Gasteiger partial charge in [-0.05, 0) is 31.2 Å². The summed E-state index contributed by atoms with van der Waals surface area (Å²) in [7, 11) is 0. The van der Waals surface area contributed by atoms with Gasteiger partial charge in [-0.25, -0.2) is 0 Å². The van der Waals surface area contributed by atoms with Crippen molar-refractivity contribution in [3.63, 3.8) is 0 Å². The molecule has 0 radical (unpaired) electrons. The van der Waals surface area contributed by atoms with Crippen LogP contribution in [0.15, 0.2) is 24.3 Å². The van der Waals surface area contributed by atoms with Gasteiger partial charge < -0.3 is 14.6 Å². The molecule has 1 aliphatic rings. The highest BCUT2D eigenvalue weighted by molar-refractivity contribution is 5.31. The van der Waals surface area contributed by atoms with E-state index in [1.54, 1.807) is 0 Å². The quantitative estimate of drug-likeness (QED) is 0.777. The zero-order valence-electron chi connectivity index (χ0n) is 12.8. The lowest BCUT2D eigenvalue weighted by Crippen LogP contribution is -2.48. The smallest absolute Gasteiger partial charge is 0.119 e. The number of piperazine rings is 1. The molecule has 1 fully saturated rings. The molecule has 1 N–H and O–H groups in total. The van der Waals surface area contributed by atoms with Crippen LogP contribution in [0.3, 0.4) is 0 Å². The third-order valence-electron chi connectivity index (χ3n) is 3.69. The maximum absolute atomic E-state index is 8.92. The summed E-state index contributed by atoms with van der Waals surface area (Å²) in [6.07, 6.45) is 0. The van der Waals surface area contributed by atoms with Gasteiger partial charge in [0, 0.05) is 39.3 Å². The Balaban J connectivity index is 1.63. The number of aliphatic hydroxyl groups excluding tert-OH is 1. The van der Waals surface area contributed by atoms with Crippen molar-refractivity contribution >= 4 is 0 Å². The van der Waals surface area contributed by atoms with E-state index in [1.807, 2.05) is 31.2 Å². The summed E-state index contributed by atoms with van der Waals surface area (Å²) in [5.74, 6) is 1.77. The van der Waals surface area contributed by atoms with E-state index in [1.165, 1.54) is 0 Å². The van der Waals surface area contributed by atoms with Crippen LogP contribution in [0.5, 0.6) is 11.5 Å². The summed E-state index contributed by atoms with van der Waals surface area (Å²) in [6.45, 7) is 9.51. The van der Waals surface area contributed by atoms with Crippen molar-refractivity contribution in [1.82, 2.24) is 9.80 Å². The lowest BCUT2D eigenvalue weighted by atomic mass is 10.3. The molecule has 0 unspecified atom stereocenters. The van der Waals surface area contributed by atoms with Crippen LogP contribution in [0.1, 0.15) is 6.92 Å². The van der Waals surface area contributed by atoms with E-state index in [9.17, 15) is 0 Å². The van der Waals surface area contributed by atoms with Crippen LogP contribution in [0, 0.1) is 0 Å². The summed E-state index contributed by atoms with van der Waals surface area (Å²) in [5.41, 5.74) is 0. The highest BCUT2D eigenvalue weighted by Gasteiger charge is 2.15. The van der Waals surface area contributed by atoms with Crippen LogP contribution < -0.4 is 9.47 Å². The summed E-state index contributed by atoms with van der Waals surface area (Å²) >= 11 is 0. The van der Waals surface area contributed by atoms with Gasteiger partial charge in [0.25, 0.3) is 0 Å². The Labute approximate surface area is 127 Å². The van der Waals surface area contributed by atoms with Crippen molar-refractivity contribution in [1.29, 1.82) is 0 Å². The van der Waals surface area contributed by atoms with E-state index in [-0.39, 0.29) is 6.61 Å². The summed E-state index contributed by atoms with van der Waals surface area (Å²) < 4.78 is 11.2. The van der Waals surface area contributed by atoms with E-state index in [0.717, 1.165) is 50.8 Å². The number of hydrogen-bond donors (Lipinski definition) is 1. The third kappa shape index (κ3) is 5.53. The molecule has 1 saturated heterocycles. The number of hydrogen-bond acceptors (Lipinski definition) is 5. The largest absolute Gasteiger partial charge is 0.494 e. The minimum atomic E-state index is 0.251. The molecule has 0 saturated carbocycles. The van der Waals surface area contributed by atoms with Crippen LogP contribution >= 0.6 is 0 Å². The molecule has 5 heteroatoms. The Bertz CT molecular complexity index is 389. The van der Waals surface area contributed by atoms with Gasteiger partial charge in [0.05, 0.1) is 13.2 Å². The zero-order chi connectivity index (χ0) is 14.9. The molecule has 1 heterocycles. The molecule has 0 aromatic heterocycles. The Hall–Kier alpha value is -1.30. The summed E-state index contributed by atoms with van der Waals surface area (Å²) in [4.78, 5) is 4.70. The first-order valence-electron chi connectivity index (χ1n) is 7.73. The lowest BCUT2D eigenvalue weighted by molar-refractivity contribution is 0.102. The van der Waals surface area contributed by atoms with E-state index in [4.69, 9.17) is 14.6 Å². The predicted octanol–water partition coefficient (Wildman–Crippen LogP) is 1.07. The Morgan fingerprint density at radius 1 is 0.905 bits per heavy atom.